The summed E-state index contributed by atoms with van der Waals surface area (Å²) in [4.78, 5) is 15.0. The summed E-state index contributed by atoms with van der Waals surface area (Å²) in [5.74, 6) is 0.147. The molecule has 0 aliphatic carbocycles. The van der Waals surface area contributed by atoms with Gasteiger partial charge in [-0.15, -0.1) is 6.58 Å². The maximum absolute atomic E-state index is 12.9. The van der Waals surface area contributed by atoms with Gasteiger partial charge in [-0.05, 0) is 61.4 Å². The van der Waals surface area contributed by atoms with Crippen LogP contribution >= 0.6 is 0 Å². The fourth-order valence-electron chi connectivity index (χ4n) is 3.66. The minimum atomic E-state index is -1.74. The number of amides is 1. The molecule has 4 heteroatoms. The van der Waals surface area contributed by atoms with Crippen molar-refractivity contribution >= 4 is 14.2 Å². The molecule has 1 aliphatic heterocycles. The number of piperidine rings is 1. The standard InChI is InChI=1S/C23H37NO2Si/c1-7-14-23(16-18-26-27(5,6)22(2,3)4)15-11-17-24(19-23)21(25)20-12-9-8-10-13-20/h7-10,12-13H,1,11,14-19H2,2-6H3/t23-/m1/s1. The van der Waals surface area contributed by atoms with Crippen LogP contribution in [0.15, 0.2) is 43.0 Å². The molecule has 0 N–H and O–H groups in total. The first-order valence-electron chi connectivity index (χ1n) is 10.2. The Bertz CT molecular complexity index is 636. The molecule has 1 aliphatic rings. The van der Waals surface area contributed by atoms with Gasteiger partial charge in [-0.25, -0.2) is 0 Å². The molecule has 2 rings (SSSR count). The minimum Gasteiger partial charge on any atom is -0.417 e. The van der Waals surface area contributed by atoms with E-state index in [4.69, 9.17) is 4.43 Å². The van der Waals surface area contributed by atoms with E-state index in [1.165, 1.54) is 0 Å². The van der Waals surface area contributed by atoms with Gasteiger partial charge in [0.25, 0.3) is 5.91 Å². The summed E-state index contributed by atoms with van der Waals surface area (Å²) in [5.41, 5.74) is 0.872. The van der Waals surface area contributed by atoms with Crippen molar-refractivity contribution in [2.75, 3.05) is 19.7 Å². The van der Waals surface area contributed by atoms with E-state index in [1.807, 2.05) is 41.3 Å². The van der Waals surface area contributed by atoms with Crippen LogP contribution in [0, 0.1) is 5.41 Å². The maximum atomic E-state index is 12.9. The van der Waals surface area contributed by atoms with Crippen LogP contribution in [-0.2, 0) is 4.43 Å². The Hall–Kier alpha value is -1.39. The predicted molar refractivity (Wildman–Crippen MR) is 117 cm³/mol. The average molecular weight is 388 g/mol. The first-order valence-corrected chi connectivity index (χ1v) is 13.1. The van der Waals surface area contributed by atoms with Crippen LogP contribution in [0.3, 0.4) is 0 Å². The average Bonchev–Trinajstić information content (AvgIpc) is 2.61. The Morgan fingerprint density at radius 3 is 2.56 bits per heavy atom. The van der Waals surface area contributed by atoms with Crippen molar-refractivity contribution in [1.29, 1.82) is 0 Å². The summed E-state index contributed by atoms with van der Waals surface area (Å²) in [6, 6.07) is 9.63. The normalized spacial score (nSPS) is 21.1. The van der Waals surface area contributed by atoms with Crippen LogP contribution in [0.2, 0.25) is 18.1 Å². The highest BCUT2D eigenvalue weighted by molar-refractivity contribution is 6.74. The SMILES string of the molecule is C=CC[C@]1(CCO[Si](C)(C)C(C)(C)C)CCCN(C(=O)c2ccccc2)C1. The topological polar surface area (TPSA) is 29.5 Å². The third-order valence-electron chi connectivity index (χ3n) is 6.45. The molecule has 1 aromatic rings. The van der Waals surface area contributed by atoms with Crippen molar-refractivity contribution in [3.8, 4) is 0 Å². The third-order valence-corrected chi connectivity index (χ3v) is 11.0. The number of likely N-dealkylation sites (tertiary alicyclic amines) is 1. The molecule has 27 heavy (non-hydrogen) atoms. The fraction of sp³-hybridized carbons (Fsp3) is 0.609. The Balaban J connectivity index is 2.06. The number of carbonyl (C=O) groups excluding carboxylic acids is 1. The zero-order valence-electron chi connectivity index (χ0n) is 17.9. The van der Waals surface area contributed by atoms with Crippen LogP contribution in [0.4, 0.5) is 0 Å². The zero-order chi connectivity index (χ0) is 20.1. The van der Waals surface area contributed by atoms with Crippen molar-refractivity contribution in [1.82, 2.24) is 4.90 Å². The monoisotopic (exact) mass is 387 g/mol. The van der Waals surface area contributed by atoms with Gasteiger partial charge in [0.05, 0.1) is 0 Å². The van der Waals surface area contributed by atoms with Crippen molar-refractivity contribution in [2.24, 2.45) is 5.41 Å². The molecular formula is C23H37NO2Si. The van der Waals surface area contributed by atoms with Gasteiger partial charge in [-0.3, -0.25) is 4.79 Å². The van der Waals surface area contributed by atoms with Crippen LogP contribution in [0.1, 0.15) is 56.8 Å². The Morgan fingerprint density at radius 2 is 1.96 bits per heavy atom. The molecular weight excluding hydrogens is 350 g/mol. The molecule has 1 heterocycles. The van der Waals surface area contributed by atoms with Crippen LogP contribution < -0.4 is 0 Å². The largest absolute Gasteiger partial charge is 0.417 e. The number of hydrogen-bond acceptors (Lipinski definition) is 2. The van der Waals surface area contributed by atoms with Gasteiger partial charge >= 0.3 is 0 Å². The number of hydrogen-bond donors (Lipinski definition) is 0. The molecule has 1 amide bonds. The highest BCUT2D eigenvalue weighted by atomic mass is 28.4. The Kier molecular flexibility index (Phi) is 7.09. The van der Waals surface area contributed by atoms with Gasteiger partial charge in [-0.2, -0.15) is 0 Å². The lowest BCUT2D eigenvalue weighted by atomic mass is 9.74. The van der Waals surface area contributed by atoms with Crippen LogP contribution in [0.5, 0.6) is 0 Å². The predicted octanol–water partition coefficient (Wildman–Crippen LogP) is 5.90. The Labute approximate surface area is 166 Å². The number of benzene rings is 1. The molecule has 150 valence electrons. The maximum Gasteiger partial charge on any atom is 0.253 e. The van der Waals surface area contributed by atoms with Crippen molar-refractivity contribution in [2.45, 2.75) is 64.6 Å². The van der Waals surface area contributed by atoms with E-state index in [2.05, 4.69) is 40.4 Å². The molecule has 0 spiro atoms. The third kappa shape index (κ3) is 5.55. The van der Waals surface area contributed by atoms with E-state index < -0.39 is 8.32 Å². The van der Waals surface area contributed by atoms with Crippen LogP contribution in [-0.4, -0.2) is 38.8 Å². The molecule has 1 saturated heterocycles. The van der Waals surface area contributed by atoms with Gasteiger partial charge in [-0.1, -0.05) is 45.0 Å². The van der Waals surface area contributed by atoms with E-state index in [-0.39, 0.29) is 16.4 Å². The number of allylic oxidation sites excluding steroid dienone is 1. The molecule has 1 atom stereocenters. The number of nitrogens with zero attached hydrogens (tertiary/aromatic N) is 1. The van der Waals surface area contributed by atoms with Gasteiger partial charge in [0.1, 0.15) is 0 Å². The second kappa shape index (κ2) is 8.74. The molecule has 0 unspecified atom stereocenters. The lowest BCUT2D eigenvalue weighted by Crippen LogP contribution is -2.47. The van der Waals surface area contributed by atoms with E-state index in [1.54, 1.807) is 0 Å². The summed E-state index contributed by atoms with van der Waals surface area (Å²) in [6.45, 7) is 17.8. The van der Waals surface area contributed by atoms with Gasteiger partial charge in [0.2, 0.25) is 0 Å². The van der Waals surface area contributed by atoms with E-state index in [0.29, 0.717) is 0 Å². The summed E-state index contributed by atoms with van der Waals surface area (Å²) < 4.78 is 6.45. The minimum absolute atomic E-state index is 0.0901. The first-order chi connectivity index (χ1) is 12.6. The van der Waals surface area contributed by atoms with Gasteiger partial charge in [0.15, 0.2) is 8.32 Å². The van der Waals surface area contributed by atoms with Crippen molar-refractivity contribution in [3.05, 3.63) is 48.6 Å². The van der Waals surface area contributed by atoms with E-state index in [9.17, 15) is 4.79 Å². The smallest absolute Gasteiger partial charge is 0.253 e. The lowest BCUT2D eigenvalue weighted by molar-refractivity contribution is 0.0441. The molecule has 1 aromatic carbocycles. The van der Waals surface area contributed by atoms with Crippen LogP contribution in [0.25, 0.3) is 0 Å². The molecule has 0 aromatic heterocycles. The number of carbonyl (C=O) groups is 1. The fourth-order valence-corrected chi connectivity index (χ4v) is 4.71. The van der Waals surface area contributed by atoms with E-state index >= 15 is 0 Å². The molecule has 0 bridgehead atoms. The molecule has 3 nitrogen and oxygen atoms in total. The second-order valence-corrected chi connectivity index (χ2v) is 14.4. The highest BCUT2D eigenvalue weighted by Crippen LogP contribution is 2.40. The summed E-state index contributed by atoms with van der Waals surface area (Å²) in [5, 5.41) is 0.223. The Morgan fingerprint density at radius 1 is 1.30 bits per heavy atom. The summed E-state index contributed by atoms with van der Waals surface area (Å²) in [7, 11) is -1.74. The second-order valence-electron chi connectivity index (χ2n) is 9.55. The van der Waals surface area contributed by atoms with Gasteiger partial charge < -0.3 is 9.33 Å². The lowest BCUT2D eigenvalue weighted by Gasteiger charge is -2.44. The summed E-state index contributed by atoms with van der Waals surface area (Å²) in [6.07, 6.45) is 6.13. The molecule has 0 radical (unpaired) electrons. The molecule has 1 fully saturated rings. The highest BCUT2D eigenvalue weighted by Gasteiger charge is 2.40. The molecule has 0 saturated carbocycles. The summed E-state index contributed by atoms with van der Waals surface area (Å²) >= 11 is 0. The van der Waals surface area contributed by atoms with Crippen molar-refractivity contribution in [3.63, 3.8) is 0 Å². The number of rotatable bonds is 7. The van der Waals surface area contributed by atoms with Crippen molar-refractivity contribution < 1.29 is 9.22 Å². The van der Waals surface area contributed by atoms with Gasteiger partial charge in [0, 0.05) is 25.3 Å². The first kappa shape index (κ1) is 21.9. The zero-order valence-corrected chi connectivity index (χ0v) is 18.9. The van der Waals surface area contributed by atoms with E-state index in [0.717, 1.165) is 50.9 Å². The quantitative estimate of drug-likeness (QED) is 0.431.